The van der Waals surface area contributed by atoms with Crippen LogP contribution in [0, 0.1) is 23.4 Å². The smallest absolute Gasteiger partial charge is 0.217 e. The Morgan fingerprint density at radius 1 is 1.22 bits per heavy atom. The molecular weight excluding hydrogens is 314 g/mol. The SMILES string of the molecule is O=C(c1nc2n(n1)[C@H](c1cc(F)cc(F)c1F)C[C@@H]2F)C1CC1. The molecule has 0 radical (unpaired) electrons. The molecule has 0 unspecified atom stereocenters. The van der Waals surface area contributed by atoms with Crippen LogP contribution in [0.25, 0.3) is 0 Å². The Kier molecular flexibility index (Phi) is 3.04. The minimum absolute atomic E-state index is 0.108. The molecule has 0 saturated heterocycles. The predicted molar refractivity (Wildman–Crippen MR) is 70.0 cm³/mol. The van der Waals surface area contributed by atoms with Crippen LogP contribution in [0.1, 0.15) is 53.5 Å². The van der Waals surface area contributed by atoms with E-state index in [1.807, 2.05) is 0 Å². The number of hydrogen-bond donors (Lipinski definition) is 0. The number of fused-ring (bicyclic) bond motifs is 1. The van der Waals surface area contributed by atoms with Crippen LogP contribution in [-0.4, -0.2) is 20.5 Å². The number of halogens is 4. The predicted octanol–water partition coefficient (Wildman–Crippen LogP) is 3.29. The second-order valence-electron chi connectivity index (χ2n) is 5.89. The Morgan fingerprint density at radius 3 is 2.65 bits per heavy atom. The molecule has 0 spiro atoms. The zero-order valence-electron chi connectivity index (χ0n) is 11.8. The zero-order chi connectivity index (χ0) is 16.3. The molecule has 1 aromatic carbocycles. The minimum Gasteiger partial charge on any atom is -0.290 e. The van der Waals surface area contributed by atoms with Gasteiger partial charge < -0.3 is 0 Å². The van der Waals surface area contributed by atoms with Gasteiger partial charge in [0, 0.05) is 24.0 Å². The largest absolute Gasteiger partial charge is 0.290 e. The lowest BCUT2D eigenvalue weighted by Gasteiger charge is -2.13. The molecule has 120 valence electrons. The Morgan fingerprint density at radius 2 is 1.96 bits per heavy atom. The van der Waals surface area contributed by atoms with E-state index >= 15 is 0 Å². The molecule has 8 heteroatoms. The van der Waals surface area contributed by atoms with Crippen molar-refractivity contribution in [3.63, 3.8) is 0 Å². The first-order valence-electron chi connectivity index (χ1n) is 7.25. The molecule has 0 N–H and O–H groups in total. The number of carbonyl (C=O) groups excluding carboxylic acids is 1. The summed E-state index contributed by atoms with van der Waals surface area (Å²) in [6.45, 7) is 0. The molecule has 1 aromatic heterocycles. The zero-order valence-corrected chi connectivity index (χ0v) is 11.8. The van der Waals surface area contributed by atoms with E-state index in [0.717, 1.165) is 23.6 Å². The number of Topliss-reactive ketones (excluding diaryl/α,β-unsaturated/α-hetero) is 1. The van der Waals surface area contributed by atoms with Crippen molar-refractivity contribution >= 4 is 5.78 Å². The normalized spacial score (nSPS) is 23.1. The van der Waals surface area contributed by atoms with Gasteiger partial charge in [0.1, 0.15) is 5.82 Å². The second-order valence-corrected chi connectivity index (χ2v) is 5.89. The van der Waals surface area contributed by atoms with Gasteiger partial charge in [0.2, 0.25) is 11.6 Å². The summed E-state index contributed by atoms with van der Waals surface area (Å²) in [6, 6.07) is 0.207. The lowest BCUT2D eigenvalue weighted by atomic mass is 10.0. The Balaban J connectivity index is 1.78. The number of ketones is 1. The van der Waals surface area contributed by atoms with Crippen molar-refractivity contribution in [3.8, 4) is 0 Å². The minimum atomic E-state index is -1.57. The molecule has 1 aliphatic heterocycles. The monoisotopic (exact) mass is 325 g/mol. The van der Waals surface area contributed by atoms with Crippen LogP contribution in [0.2, 0.25) is 0 Å². The number of nitrogens with zero attached hydrogens (tertiary/aromatic N) is 3. The van der Waals surface area contributed by atoms with Crippen LogP contribution in [0.5, 0.6) is 0 Å². The van der Waals surface area contributed by atoms with Gasteiger partial charge in [-0.3, -0.25) is 4.79 Å². The summed E-state index contributed by atoms with van der Waals surface area (Å²) in [6.07, 6.45) is -0.310. The molecule has 23 heavy (non-hydrogen) atoms. The molecule has 2 heterocycles. The molecule has 1 saturated carbocycles. The first-order valence-corrected chi connectivity index (χ1v) is 7.25. The average molecular weight is 325 g/mol. The van der Waals surface area contributed by atoms with E-state index in [1.54, 1.807) is 0 Å². The van der Waals surface area contributed by atoms with E-state index in [2.05, 4.69) is 10.1 Å². The molecular formula is C15H11F4N3O. The molecule has 4 nitrogen and oxygen atoms in total. The van der Waals surface area contributed by atoms with Crippen molar-refractivity contribution in [1.29, 1.82) is 0 Å². The van der Waals surface area contributed by atoms with E-state index in [0.29, 0.717) is 6.07 Å². The van der Waals surface area contributed by atoms with Crippen molar-refractivity contribution in [2.24, 2.45) is 5.92 Å². The van der Waals surface area contributed by atoms with Gasteiger partial charge in [0.25, 0.3) is 0 Å². The molecule has 1 fully saturated rings. The fourth-order valence-electron chi connectivity index (χ4n) is 2.89. The van der Waals surface area contributed by atoms with E-state index in [9.17, 15) is 22.4 Å². The maximum absolute atomic E-state index is 14.1. The van der Waals surface area contributed by atoms with Crippen molar-refractivity contribution in [2.45, 2.75) is 31.5 Å². The highest BCUT2D eigenvalue weighted by Crippen LogP contribution is 2.41. The molecule has 4 rings (SSSR count). The van der Waals surface area contributed by atoms with Crippen molar-refractivity contribution in [1.82, 2.24) is 14.8 Å². The van der Waals surface area contributed by atoms with E-state index < -0.39 is 29.7 Å². The van der Waals surface area contributed by atoms with Crippen LogP contribution < -0.4 is 0 Å². The van der Waals surface area contributed by atoms with Crippen molar-refractivity contribution < 1.29 is 22.4 Å². The highest BCUT2D eigenvalue weighted by molar-refractivity contribution is 5.95. The Hall–Kier alpha value is -2.25. The fraction of sp³-hybridized carbons (Fsp3) is 0.400. The quantitative estimate of drug-likeness (QED) is 0.494. The van der Waals surface area contributed by atoms with Crippen LogP contribution in [0.4, 0.5) is 17.6 Å². The summed E-state index contributed by atoms with van der Waals surface area (Å²) in [5.41, 5.74) is -0.334. The number of alkyl halides is 1. The average Bonchev–Trinajstić information content (AvgIpc) is 3.18. The number of rotatable bonds is 3. The van der Waals surface area contributed by atoms with Gasteiger partial charge in [-0.05, 0) is 18.9 Å². The summed E-state index contributed by atoms with van der Waals surface area (Å²) < 4.78 is 56.0. The topological polar surface area (TPSA) is 47.8 Å². The fourth-order valence-corrected chi connectivity index (χ4v) is 2.89. The number of aromatic nitrogens is 3. The number of carbonyl (C=O) groups is 1. The maximum atomic E-state index is 14.1. The third-order valence-corrected chi connectivity index (χ3v) is 4.21. The van der Waals surface area contributed by atoms with E-state index in [-0.39, 0.29) is 35.3 Å². The van der Waals surface area contributed by atoms with Crippen LogP contribution in [0.15, 0.2) is 12.1 Å². The molecule has 0 amide bonds. The molecule has 1 aliphatic carbocycles. The molecule has 2 aromatic rings. The lowest BCUT2D eigenvalue weighted by molar-refractivity contribution is 0.0956. The third kappa shape index (κ3) is 2.24. The highest BCUT2D eigenvalue weighted by Gasteiger charge is 2.40. The van der Waals surface area contributed by atoms with Gasteiger partial charge >= 0.3 is 0 Å². The first kappa shape index (κ1) is 14.3. The van der Waals surface area contributed by atoms with Gasteiger partial charge in [-0.15, -0.1) is 5.10 Å². The molecule has 2 aliphatic rings. The summed E-state index contributed by atoms with van der Waals surface area (Å²) in [7, 11) is 0. The van der Waals surface area contributed by atoms with Crippen molar-refractivity contribution in [2.75, 3.05) is 0 Å². The van der Waals surface area contributed by atoms with E-state index in [4.69, 9.17) is 0 Å². The number of benzene rings is 1. The summed E-state index contributed by atoms with van der Waals surface area (Å²) in [5, 5.41) is 3.97. The Bertz CT molecular complexity index is 815. The Labute approximate surface area is 128 Å². The van der Waals surface area contributed by atoms with E-state index in [1.165, 1.54) is 0 Å². The molecule has 0 bridgehead atoms. The van der Waals surface area contributed by atoms with Crippen molar-refractivity contribution in [3.05, 3.63) is 46.8 Å². The summed E-state index contributed by atoms with van der Waals surface area (Å²) >= 11 is 0. The summed E-state index contributed by atoms with van der Waals surface area (Å²) in [4.78, 5) is 15.9. The third-order valence-electron chi connectivity index (χ3n) is 4.21. The molecule has 2 atom stereocenters. The highest BCUT2D eigenvalue weighted by atomic mass is 19.2. The van der Waals surface area contributed by atoms with Gasteiger partial charge in [-0.1, -0.05) is 0 Å². The number of hydrogen-bond acceptors (Lipinski definition) is 3. The van der Waals surface area contributed by atoms with Gasteiger partial charge in [-0.25, -0.2) is 27.2 Å². The summed E-state index contributed by atoms with van der Waals surface area (Å²) in [5.74, 6) is -4.20. The maximum Gasteiger partial charge on any atom is 0.217 e. The first-order chi connectivity index (χ1) is 11.0. The van der Waals surface area contributed by atoms with Gasteiger partial charge in [-0.2, -0.15) is 0 Å². The van der Waals surface area contributed by atoms with Crippen LogP contribution in [0.3, 0.4) is 0 Å². The van der Waals surface area contributed by atoms with Gasteiger partial charge in [0.15, 0.2) is 23.6 Å². The second kappa shape index (κ2) is 4.87. The van der Waals surface area contributed by atoms with Gasteiger partial charge in [0.05, 0.1) is 6.04 Å². The lowest BCUT2D eigenvalue weighted by Crippen LogP contribution is -2.13. The standard InChI is InChI=1S/C15H11F4N3O/c16-7-3-8(12(19)9(17)4-7)11-5-10(18)15-20-14(21-22(11)15)13(23)6-1-2-6/h3-4,6,10-11H,1-2,5H2/t10-,11-/m0/s1. The van der Waals surface area contributed by atoms with Crippen LogP contribution in [-0.2, 0) is 0 Å². The van der Waals surface area contributed by atoms with Crippen LogP contribution >= 0.6 is 0 Å².